The Balaban J connectivity index is 1.45. The van der Waals surface area contributed by atoms with Crippen molar-refractivity contribution in [3.63, 3.8) is 0 Å². The van der Waals surface area contributed by atoms with Gasteiger partial charge in [0.25, 0.3) is 0 Å². The number of H-pyrrole nitrogens is 1. The Morgan fingerprint density at radius 2 is 1.81 bits per heavy atom. The van der Waals surface area contributed by atoms with Gasteiger partial charge in [0, 0.05) is 53.5 Å². The van der Waals surface area contributed by atoms with Crippen LogP contribution >= 0.6 is 11.6 Å². The molecule has 1 N–H and O–H groups in total. The summed E-state index contributed by atoms with van der Waals surface area (Å²) < 4.78 is 0. The lowest BCUT2D eigenvalue weighted by atomic mass is 10.1. The highest BCUT2D eigenvalue weighted by molar-refractivity contribution is 6.31. The zero-order valence-corrected chi connectivity index (χ0v) is 15.6. The zero-order valence-electron chi connectivity index (χ0n) is 14.8. The van der Waals surface area contributed by atoms with Crippen LogP contribution in [0.1, 0.15) is 11.3 Å². The second-order valence-corrected chi connectivity index (χ2v) is 7.24. The number of piperazine rings is 1. The average molecular weight is 368 g/mol. The minimum absolute atomic E-state index is 0.182. The summed E-state index contributed by atoms with van der Waals surface area (Å²) in [5.74, 6) is 0.182. The Morgan fingerprint density at radius 3 is 2.54 bits per heavy atom. The number of aryl methyl sites for hydroxylation is 1. The molecular weight excluding hydrogens is 346 g/mol. The van der Waals surface area contributed by atoms with Crippen molar-refractivity contribution in [2.75, 3.05) is 31.1 Å². The Kier molecular flexibility index (Phi) is 4.60. The predicted octanol–water partition coefficient (Wildman–Crippen LogP) is 4.02. The summed E-state index contributed by atoms with van der Waals surface area (Å²) in [7, 11) is 0. The van der Waals surface area contributed by atoms with Gasteiger partial charge in [0.05, 0.1) is 6.42 Å². The van der Waals surface area contributed by atoms with E-state index in [1.807, 2.05) is 36.1 Å². The average Bonchev–Trinajstić information content (AvgIpc) is 2.97. The minimum atomic E-state index is 0.182. The minimum Gasteiger partial charge on any atom is -0.368 e. The van der Waals surface area contributed by atoms with Crippen LogP contribution in [-0.2, 0) is 11.2 Å². The standard InChI is InChI=1S/C21H22ClN3O/c1-15-18(19-13-16(22)7-8-20(19)23-15)14-21(26)25-11-9-24(10-12-25)17-5-3-2-4-6-17/h2-8,13,23H,9-12,14H2,1H3. The number of carbonyl (C=O) groups is 1. The molecule has 2 aromatic carbocycles. The summed E-state index contributed by atoms with van der Waals surface area (Å²) in [5, 5.41) is 1.74. The van der Waals surface area contributed by atoms with Crippen molar-refractivity contribution in [2.24, 2.45) is 0 Å². The van der Waals surface area contributed by atoms with E-state index < -0.39 is 0 Å². The molecule has 1 aliphatic rings. The van der Waals surface area contributed by atoms with Crippen LogP contribution < -0.4 is 4.90 Å². The SMILES string of the molecule is Cc1[nH]c2ccc(Cl)cc2c1CC(=O)N1CCN(c2ccccc2)CC1. The molecule has 0 saturated carbocycles. The second-order valence-electron chi connectivity index (χ2n) is 6.80. The fraction of sp³-hybridized carbons (Fsp3) is 0.286. The Bertz CT molecular complexity index is 927. The first-order valence-corrected chi connectivity index (χ1v) is 9.34. The number of para-hydroxylation sites is 1. The smallest absolute Gasteiger partial charge is 0.227 e. The molecule has 4 nitrogen and oxygen atoms in total. The monoisotopic (exact) mass is 367 g/mol. The van der Waals surface area contributed by atoms with Gasteiger partial charge >= 0.3 is 0 Å². The van der Waals surface area contributed by atoms with Gasteiger partial charge in [0.1, 0.15) is 0 Å². The molecule has 1 fully saturated rings. The number of nitrogens with one attached hydrogen (secondary N) is 1. The highest BCUT2D eigenvalue weighted by Gasteiger charge is 2.23. The van der Waals surface area contributed by atoms with Gasteiger partial charge < -0.3 is 14.8 Å². The fourth-order valence-electron chi connectivity index (χ4n) is 3.70. The molecule has 0 aliphatic carbocycles. The number of benzene rings is 2. The van der Waals surface area contributed by atoms with E-state index in [-0.39, 0.29) is 5.91 Å². The van der Waals surface area contributed by atoms with Crippen LogP contribution in [0.5, 0.6) is 0 Å². The summed E-state index contributed by atoms with van der Waals surface area (Å²) in [6.45, 7) is 5.28. The molecule has 0 bridgehead atoms. The van der Waals surface area contributed by atoms with Crippen molar-refractivity contribution in [3.8, 4) is 0 Å². The quantitative estimate of drug-likeness (QED) is 0.759. The molecule has 0 atom stereocenters. The number of fused-ring (bicyclic) bond motifs is 1. The van der Waals surface area contributed by atoms with Crippen molar-refractivity contribution in [1.29, 1.82) is 0 Å². The van der Waals surface area contributed by atoms with Crippen molar-refractivity contribution in [2.45, 2.75) is 13.3 Å². The third-order valence-electron chi connectivity index (χ3n) is 5.16. The summed E-state index contributed by atoms with van der Waals surface area (Å²) in [6, 6.07) is 16.2. The lowest BCUT2D eigenvalue weighted by molar-refractivity contribution is -0.130. The first-order valence-electron chi connectivity index (χ1n) is 8.96. The highest BCUT2D eigenvalue weighted by atomic mass is 35.5. The number of aromatic nitrogens is 1. The second kappa shape index (κ2) is 7.04. The van der Waals surface area contributed by atoms with Gasteiger partial charge in [-0.05, 0) is 42.8 Å². The lowest BCUT2D eigenvalue weighted by Crippen LogP contribution is -2.49. The van der Waals surface area contributed by atoms with Crippen molar-refractivity contribution >= 4 is 34.1 Å². The molecule has 0 spiro atoms. The maximum absolute atomic E-state index is 12.9. The van der Waals surface area contributed by atoms with Crippen LogP contribution in [0.15, 0.2) is 48.5 Å². The number of anilines is 1. The van der Waals surface area contributed by atoms with Crippen LogP contribution in [0.3, 0.4) is 0 Å². The van der Waals surface area contributed by atoms with E-state index >= 15 is 0 Å². The maximum Gasteiger partial charge on any atom is 0.227 e. The summed E-state index contributed by atoms with van der Waals surface area (Å²) in [5.41, 5.74) is 4.35. The first kappa shape index (κ1) is 17.0. The largest absolute Gasteiger partial charge is 0.368 e. The normalized spacial score (nSPS) is 14.8. The molecule has 1 saturated heterocycles. The summed E-state index contributed by atoms with van der Waals surface area (Å²) in [4.78, 5) is 20.5. The number of hydrogen-bond acceptors (Lipinski definition) is 2. The Morgan fingerprint density at radius 1 is 1.08 bits per heavy atom. The van der Waals surface area contributed by atoms with Crippen molar-refractivity contribution < 1.29 is 4.79 Å². The lowest BCUT2D eigenvalue weighted by Gasteiger charge is -2.36. The number of nitrogens with zero attached hydrogens (tertiary/aromatic N) is 2. The van der Waals surface area contributed by atoms with Crippen LogP contribution in [0.25, 0.3) is 10.9 Å². The fourth-order valence-corrected chi connectivity index (χ4v) is 3.87. The third kappa shape index (κ3) is 3.29. The molecule has 134 valence electrons. The number of hydrogen-bond donors (Lipinski definition) is 1. The van der Waals surface area contributed by atoms with Gasteiger partial charge in [-0.1, -0.05) is 29.8 Å². The van der Waals surface area contributed by atoms with Crippen molar-refractivity contribution in [1.82, 2.24) is 9.88 Å². The molecule has 2 heterocycles. The van der Waals surface area contributed by atoms with Crippen LogP contribution in [-0.4, -0.2) is 42.0 Å². The van der Waals surface area contributed by atoms with Gasteiger partial charge in [-0.2, -0.15) is 0 Å². The van der Waals surface area contributed by atoms with E-state index in [9.17, 15) is 4.79 Å². The van der Waals surface area contributed by atoms with E-state index in [0.717, 1.165) is 48.3 Å². The van der Waals surface area contributed by atoms with Gasteiger partial charge in [0.15, 0.2) is 0 Å². The molecule has 26 heavy (non-hydrogen) atoms. The topological polar surface area (TPSA) is 39.3 Å². The molecule has 0 radical (unpaired) electrons. The molecular formula is C21H22ClN3O. The van der Waals surface area contributed by atoms with Gasteiger partial charge in [-0.25, -0.2) is 0 Å². The molecule has 1 aliphatic heterocycles. The van der Waals surface area contributed by atoms with Gasteiger partial charge in [-0.15, -0.1) is 0 Å². The molecule has 4 rings (SSSR count). The zero-order chi connectivity index (χ0) is 18.1. The van der Waals surface area contributed by atoms with Crippen LogP contribution in [0.2, 0.25) is 5.02 Å². The predicted molar refractivity (Wildman–Crippen MR) is 107 cm³/mol. The Labute approximate surface area is 158 Å². The van der Waals surface area contributed by atoms with E-state index in [1.165, 1.54) is 5.69 Å². The number of aromatic amines is 1. The van der Waals surface area contributed by atoms with E-state index in [2.05, 4.69) is 34.1 Å². The summed E-state index contributed by atoms with van der Waals surface area (Å²) >= 11 is 6.14. The van der Waals surface area contributed by atoms with Crippen LogP contribution in [0.4, 0.5) is 5.69 Å². The van der Waals surface area contributed by atoms with E-state index in [0.29, 0.717) is 11.4 Å². The summed E-state index contributed by atoms with van der Waals surface area (Å²) in [6.07, 6.45) is 0.414. The molecule has 0 unspecified atom stereocenters. The highest BCUT2D eigenvalue weighted by Crippen LogP contribution is 2.26. The van der Waals surface area contributed by atoms with Crippen LogP contribution in [0, 0.1) is 6.92 Å². The van der Waals surface area contributed by atoms with Gasteiger partial charge in [0.2, 0.25) is 5.91 Å². The number of carbonyl (C=O) groups excluding carboxylic acids is 1. The Hall–Kier alpha value is -2.46. The molecule has 1 amide bonds. The number of rotatable bonds is 3. The van der Waals surface area contributed by atoms with E-state index in [1.54, 1.807) is 0 Å². The molecule has 3 aromatic rings. The molecule has 1 aromatic heterocycles. The number of halogens is 1. The van der Waals surface area contributed by atoms with Crippen molar-refractivity contribution in [3.05, 3.63) is 64.8 Å². The van der Waals surface area contributed by atoms with E-state index in [4.69, 9.17) is 11.6 Å². The number of amides is 1. The maximum atomic E-state index is 12.9. The third-order valence-corrected chi connectivity index (χ3v) is 5.40. The first-order chi connectivity index (χ1) is 12.6. The van der Waals surface area contributed by atoms with Gasteiger partial charge in [-0.3, -0.25) is 4.79 Å². The molecule has 5 heteroatoms.